The Labute approximate surface area is 163 Å². The number of carbonyl (C=O) groups excluding carboxylic acids is 2. The van der Waals surface area contributed by atoms with Crippen LogP contribution in [-0.2, 0) is 9.59 Å². The molecule has 2 aromatic carbocycles. The fraction of sp³-hybridized carbons (Fsp3) is 0.158. The number of nitrogens with zero attached hydrogens (tertiary/aromatic N) is 2. The van der Waals surface area contributed by atoms with Gasteiger partial charge < -0.3 is 15.4 Å². The molecule has 138 valence electrons. The highest BCUT2D eigenvalue weighted by molar-refractivity contribution is 9.10. The first kappa shape index (κ1) is 18.8. The number of aromatic nitrogens is 1. The van der Waals surface area contributed by atoms with Gasteiger partial charge in [0, 0.05) is 28.4 Å². The van der Waals surface area contributed by atoms with Gasteiger partial charge in [-0.1, -0.05) is 34.1 Å². The van der Waals surface area contributed by atoms with Crippen LogP contribution >= 0.6 is 15.9 Å². The minimum absolute atomic E-state index is 0.00132. The number of amides is 2. The summed E-state index contributed by atoms with van der Waals surface area (Å²) in [6.07, 6.45) is -0.0749. The van der Waals surface area contributed by atoms with E-state index < -0.39 is 5.91 Å². The summed E-state index contributed by atoms with van der Waals surface area (Å²) in [6.45, 7) is 1.91. The van der Waals surface area contributed by atoms with Gasteiger partial charge in [-0.25, -0.2) is 0 Å². The number of benzene rings is 2. The van der Waals surface area contributed by atoms with Crippen molar-refractivity contribution < 1.29 is 14.7 Å². The quantitative estimate of drug-likeness (QED) is 0.498. The van der Waals surface area contributed by atoms with E-state index in [4.69, 9.17) is 0 Å². The van der Waals surface area contributed by atoms with Crippen molar-refractivity contribution >= 4 is 50.0 Å². The minimum atomic E-state index is -0.541. The van der Waals surface area contributed by atoms with Crippen LogP contribution in [0.2, 0.25) is 0 Å². The minimum Gasteiger partial charge on any atom is -0.493 e. The molecular formula is C19H17BrN4O3. The lowest BCUT2D eigenvalue weighted by molar-refractivity contribution is -0.122. The average Bonchev–Trinajstić information content (AvgIpc) is 2.93. The molecule has 0 radical (unpaired) electrons. The molecule has 0 bridgehead atoms. The standard InChI is InChI=1S/C19H17BrN4O3/c1-11-9-13-15(10-14(11)20)22-19(27)18(13)24-23-17(26)8-7-16(25)21-12-5-3-2-4-6-12/h2-6,9-10,22,27H,7-8H2,1H3,(H,21,25). The van der Waals surface area contributed by atoms with Crippen molar-refractivity contribution in [3.8, 4) is 5.88 Å². The first-order chi connectivity index (χ1) is 12.9. The van der Waals surface area contributed by atoms with Gasteiger partial charge in [0.05, 0.1) is 5.52 Å². The molecule has 0 fully saturated rings. The van der Waals surface area contributed by atoms with Crippen LogP contribution in [0.3, 0.4) is 0 Å². The highest BCUT2D eigenvalue weighted by atomic mass is 79.9. The van der Waals surface area contributed by atoms with Gasteiger partial charge in [-0.2, -0.15) is 0 Å². The number of H-pyrrole nitrogens is 1. The van der Waals surface area contributed by atoms with Crippen LogP contribution in [0.5, 0.6) is 5.88 Å². The zero-order valence-corrected chi connectivity index (χ0v) is 16.1. The van der Waals surface area contributed by atoms with Crippen molar-refractivity contribution in [2.75, 3.05) is 5.32 Å². The summed E-state index contributed by atoms with van der Waals surface area (Å²) in [4.78, 5) is 26.6. The number of anilines is 1. The second kappa shape index (κ2) is 8.13. The predicted octanol–water partition coefficient (Wildman–Crippen LogP) is 4.97. The number of hydrogen-bond donors (Lipinski definition) is 3. The Morgan fingerprint density at radius 3 is 2.67 bits per heavy atom. The van der Waals surface area contributed by atoms with Crippen molar-refractivity contribution in [3.05, 3.63) is 52.5 Å². The van der Waals surface area contributed by atoms with Gasteiger partial charge in [0.25, 0.3) is 5.91 Å². The number of rotatable bonds is 5. The maximum absolute atomic E-state index is 11.9. The molecular weight excluding hydrogens is 412 g/mol. The number of halogens is 1. The van der Waals surface area contributed by atoms with Crippen LogP contribution < -0.4 is 5.32 Å². The molecule has 0 atom stereocenters. The van der Waals surface area contributed by atoms with Crippen molar-refractivity contribution in [2.45, 2.75) is 19.8 Å². The molecule has 0 aliphatic rings. The van der Waals surface area contributed by atoms with Gasteiger partial charge in [-0.05, 0) is 36.8 Å². The van der Waals surface area contributed by atoms with Gasteiger partial charge in [-0.3, -0.25) is 9.59 Å². The molecule has 0 aliphatic carbocycles. The van der Waals surface area contributed by atoms with Crippen molar-refractivity contribution in [2.24, 2.45) is 10.2 Å². The van der Waals surface area contributed by atoms with E-state index in [1.807, 2.05) is 37.3 Å². The van der Waals surface area contributed by atoms with E-state index in [9.17, 15) is 14.7 Å². The van der Waals surface area contributed by atoms with Crippen LogP contribution in [0, 0.1) is 6.92 Å². The average molecular weight is 429 g/mol. The molecule has 0 saturated heterocycles. The predicted molar refractivity (Wildman–Crippen MR) is 106 cm³/mol. The zero-order valence-electron chi connectivity index (χ0n) is 14.5. The molecule has 27 heavy (non-hydrogen) atoms. The largest absolute Gasteiger partial charge is 0.493 e. The Bertz CT molecular complexity index is 1030. The van der Waals surface area contributed by atoms with E-state index in [-0.39, 0.29) is 30.3 Å². The number of nitrogens with one attached hydrogen (secondary N) is 2. The number of aromatic amines is 1. The first-order valence-corrected chi connectivity index (χ1v) is 9.03. The molecule has 3 rings (SSSR count). The number of aryl methyl sites for hydroxylation is 1. The Balaban J connectivity index is 1.63. The van der Waals surface area contributed by atoms with Gasteiger partial charge in [0.2, 0.25) is 11.8 Å². The summed E-state index contributed by atoms with van der Waals surface area (Å²) >= 11 is 3.42. The Hall–Kier alpha value is -3.00. The second-order valence-electron chi connectivity index (χ2n) is 5.98. The molecule has 1 heterocycles. The fourth-order valence-corrected chi connectivity index (χ4v) is 2.86. The number of para-hydroxylation sites is 1. The molecule has 0 spiro atoms. The monoisotopic (exact) mass is 428 g/mol. The van der Waals surface area contributed by atoms with E-state index in [0.717, 1.165) is 10.0 Å². The highest BCUT2D eigenvalue weighted by Gasteiger charge is 2.13. The summed E-state index contributed by atoms with van der Waals surface area (Å²) < 4.78 is 0.889. The molecule has 2 amide bonds. The highest BCUT2D eigenvalue weighted by Crippen LogP contribution is 2.37. The van der Waals surface area contributed by atoms with E-state index in [1.165, 1.54) is 0 Å². The van der Waals surface area contributed by atoms with E-state index in [0.29, 0.717) is 16.6 Å². The smallest absolute Gasteiger partial charge is 0.265 e. The molecule has 3 N–H and O–H groups in total. The SMILES string of the molecule is Cc1cc2c(N=NC(=O)CCC(=O)Nc3ccccc3)c(O)[nH]c2cc1Br. The number of hydrogen-bond acceptors (Lipinski definition) is 4. The van der Waals surface area contributed by atoms with E-state index in [1.54, 1.807) is 12.1 Å². The number of carbonyl (C=O) groups is 2. The topological polar surface area (TPSA) is 107 Å². The van der Waals surface area contributed by atoms with E-state index in [2.05, 4.69) is 36.5 Å². The van der Waals surface area contributed by atoms with Crippen molar-refractivity contribution in [3.63, 3.8) is 0 Å². The molecule has 0 aliphatic heterocycles. The van der Waals surface area contributed by atoms with Crippen molar-refractivity contribution in [1.29, 1.82) is 0 Å². The number of fused-ring (bicyclic) bond motifs is 1. The zero-order chi connectivity index (χ0) is 19.4. The third-order valence-corrected chi connectivity index (χ3v) is 4.77. The fourth-order valence-electron chi connectivity index (χ4n) is 2.52. The lowest BCUT2D eigenvalue weighted by atomic mass is 10.1. The van der Waals surface area contributed by atoms with Gasteiger partial charge >= 0.3 is 0 Å². The summed E-state index contributed by atoms with van der Waals surface area (Å²) in [7, 11) is 0. The van der Waals surface area contributed by atoms with Gasteiger partial charge in [0.1, 0.15) is 0 Å². The summed E-state index contributed by atoms with van der Waals surface area (Å²) in [5.74, 6) is -0.984. The van der Waals surface area contributed by atoms with Crippen LogP contribution in [0.4, 0.5) is 11.4 Å². The van der Waals surface area contributed by atoms with Crippen LogP contribution in [0.15, 0.2) is 57.2 Å². The Kier molecular flexibility index (Phi) is 5.66. The molecule has 7 nitrogen and oxygen atoms in total. The van der Waals surface area contributed by atoms with Crippen LogP contribution in [0.1, 0.15) is 18.4 Å². The molecule has 8 heteroatoms. The number of aromatic hydroxyl groups is 1. The molecule has 1 aromatic heterocycles. The number of azo groups is 1. The lowest BCUT2D eigenvalue weighted by Gasteiger charge is -2.03. The molecule has 3 aromatic rings. The maximum Gasteiger partial charge on any atom is 0.265 e. The van der Waals surface area contributed by atoms with Gasteiger partial charge in [-0.15, -0.1) is 10.2 Å². The molecule has 0 unspecified atom stereocenters. The summed E-state index contributed by atoms with van der Waals surface area (Å²) in [6, 6.07) is 12.6. The first-order valence-electron chi connectivity index (χ1n) is 8.24. The molecule has 0 saturated carbocycles. The Morgan fingerprint density at radius 1 is 1.19 bits per heavy atom. The van der Waals surface area contributed by atoms with Crippen molar-refractivity contribution in [1.82, 2.24) is 4.98 Å². The van der Waals surface area contributed by atoms with Crippen LogP contribution in [-0.4, -0.2) is 21.9 Å². The van der Waals surface area contributed by atoms with Gasteiger partial charge in [0.15, 0.2) is 5.69 Å². The normalized spacial score (nSPS) is 11.2. The van der Waals surface area contributed by atoms with Crippen LogP contribution in [0.25, 0.3) is 10.9 Å². The Morgan fingerprint density at radius 2 is 1.93 bits per heavy atom. The van der Waals surface area contributed by atoms with E-state index >= 15 is 0 Å². The third-order valence-electron chi connectivity index (χ3n) is 3.92. The maximum atomic E-state index is 11.9. The third kappa shape index (κ3) is 4.59. The lowest BCUT2D eigenvalue weighted by Crippen LogP contribution is -2.12. The summed E-state index contributed by atoms with van der Waals surface area (Å²) in [5, 5.41) is 20.9. The summed E-state index contributed by atoms with van der Waals surface area (Å²) in [5.41, 5.74) is 2.50. The second-order valence-corrected chi connectivity index (χ2v) is 6.83.